The minimum absolute atomic E-state index is 0.0140. The Kier molecular flexibility index (Phi) is 64.9. The van der Waals surface area contributed by atoms with Crippen molar-refractivity contribution in [2.24, 2.45) is 0 Å². The van der Waals surface area contributed by atoms with Gasteiger partial charge in [0.15, 0.2) is 0 Å². The van der Waals surface area contributed by atoms with E-state index in [9.17, 15) is 19.8 Å². The smallest absolute Gasteiger partial charge is 0.305 e. The van der Waals surface area contributed by atoms with Crippen LogP contribution in [0.3, 0.4) is 0 Å². The fourth-order valence-corrected chi connectivity index (χ4v) is 11.2. The van der Waals surface area contributed by atoms with E-state index in [1.54, 1.807) is 6.08 Å². The monoisotopic (exact) mass is 1070 g/mol. The van der Waals surface area contributed by atoms with Crippen molar-refractivity contribution in [3.63, 3.8) is 0 Å². The Hall–Kier alpha value is -1.40. The molecule has 0 aromatic heterocycles. The highest BCUT2D eigenvalue weighted by atomic mass is 16.5. The van der Waals surface area contributed by atoms with Crippen LogP contribution in [-0.4, -0.2) is 47.4 Å². The zero-order chi connectivity index (χ0) is 55.0. The van der Waals surface area contributed by atoms with Crippen LogP contribution in [0.25, 0.3) is 0 Å². The molecule has 3 N–H and O–H groups in total. The zero-order valence-electron chi connectivity index (χ0n) is 51.8. The zero-order valence-corrected chi connectivity index (χ0v) is 51.8. The van der Waals surface area contributed by atoms with E-state index in [0.29, 0.717) is 19.4 Å². The Morgan fingerprint density at radius 2 is 0.605 bits per heavy atom. The van der Waals surface area contributed by atoms with Gasteiger partial charge in [0.05, 0.1) is 25.4 Å². The highest BCUT2D eigenvalue weighted by Crippen LogP contribution is 2.19. The molecule has 0 heterocycles. The quantitative estimate of drug-likeness (QED) is 0.0320. The topological polar surface area (TPSA) is 95.9 Å². The van der Waals surface area contributed by atoms with Gasteiger partial charge in [-0.3, -0.25) is 9.59 Å². The predicted octanol–water partition coefficient (Wildman–Crippen LogP) is 22.4. The number of ether oxygens (including phenoxy) is 1. The van der Waals surface area contributed by atoms with Crippen LogP contribution in [0.1, 0.15) is 399 Å². The lowest BCUT2D eigenvalue weighted by molar-refractivity contribution is -0.143. The van der Waals surface area contributed by atoms with Crippen molar-refractivity contribution in [2.45, 2.75) is 411 Å². The Bertz CT molecular complexity index is 1140. The fourth-order valence-electron chi connectivity index (χ4n) is 11.2. The van der Waals surface area contributed by atoms with E-state index < -0.39 is 12.1 Å². The molecule has 6 nitrogen and oxygen atoms in total. The molecule has 0 bridgehead atoms. The van der Waals surface area contributed by atoms with E-state index in [2.05, 4.69) is 19.2 Å². The summed E-state index contributed by atoms with van der Waals surface area (Å²) in [5.41, 5.74) is 0. The maximum atomic E-state index is 12.5. The van der Waals surface area contributed by atoms with Gasteiger partial charge >= 0.3 is 5.97 Å². The maximum Gasteiger partial charge on any atom is 0.305 e. The minimum Gasteiger partial charge on any atom is -0.466 e. The number of rotatable bonds is 66. The molecule has 0 rings (SSSR count). The van der Waals surface area contributed by atoms with Gasteiger partial charge in [-0.2, -0.15) is 0 Å². The van der Waals surface area contributed by atoms with E-state index >= 15 is 0 Å². The molecule has 76 heavy (non-hydrogen) atoms. The third-order valence-corrected chi connectivity index (χ3v) is 16.6. The van der Waals surface area contributed by atoms with Crippen LogP contribution in [0.5, 0.6) is 0 Å². The van der Waals surface area contributed by atoms with Gasteiger partial charge in [-0.25, -0.2) is 0 Å². The molecule has 0 aliphatic heterocycles. The van der Waals surface area contributed by atoms with Crippen molar-refractivity contribution in [3.05, 3.63) is 12.2 Å². The Labute approximate surface area is 476 Å². The van der Waals surface area contributed by atoms with Gasteiger partial charge in [-0.05, 0) is 32.1 Å². The van der Waals surface area contributed by atoms with Gasteiger partial charge in [-0.15, -0.1) is 0 Å². The van der Waals surface area contributed by atoms with Crippen molar-refractivity contribution >= 4 is 11.9 Å². The van der Waals surface area contributed by atoms with Crippen molar-refractivity contribution in [3.8, 4) is 0 Å². The van der Waals surface area contributed by atoms with Gasteiger partial charge < -0.3 is 20.3 Å². The first-order valence-electron chi connectivity index (χ1n) is 35.0. The average molecular weight is 1070 g/mol. The first kappa shape index (κ1) is 74.6. The second kappa shape index (κ2) is 66.1. The molecule has 6 heteroatoms. The number of unbranched alkanes of at least 4 members (excludes halogenated alkanes) is 55. The lowest BCUT2D eigenvalue weighted by Crippen LogP contribution is -2.45. The standard InChI is InChI=1S/C70H137NO5/c1-3-5-7-9-11-13-15-17-19-21-23-24-25-27-30-34-38-42-46-50-54-58-62-68(73)67(66-72)71-69(74)63-59-55-51-47-43-39-35-31-28-26-29-33-37-41-45-49-53-57-61-65-76-70(75)64-60-56-52-48-44-40-36-32-22-20-18-16-14-12-10-8-6-4-2/h58,62,67-68,72-73H,3-57,59-61,63-66H2,1-2H3,(H,71,74)/b62-58+. The fraction of sp³-hybridized carbons (Fsp3) is 0.943. The van der Waals surface area contributed by atoms with E-state index in [1.165, 1.54) is 334 Å². The molecular weight excluding hydrogens is 935 g/mol. The minimum atomic E-state index is -0.847. The normalized spacial score (nSPS) is 12.5. The Balaban J connectivity index is 3.40. The largest absolute Gasteiger partial charge is 0.466 e. The molecule has 452 valence electrons. The lowest BCUT2D eigenvalue weighted by atomic mass is 10.0. The molecular formula is C70H137NO5. The summed E-state index contributed by atoms with van der Waals surface area (Å²) in [6.45, 7) is 4.95. The SMILES string of the molecule is CCCCCCCCCCCCCCCCCCCCCC/C=C/C(O)C(CO)NC(=O)CCCCCCCCCCCCCCCCCCCCCOC(=O)CCCCCCCCCCCCCCCCCCCC. The van der Waals surface area contributed by atoms with Crippen LogP contribution in [0.15, 0.2) is 12.2 Å². The van der Waals surface area contributed by atoms with Crippen LogP contribution < -0.4 is 5.32 Å². The number of esters is 1. The van der Waals surface area contributed by atoms with Crippen LogP contribution in [0.4, 0.5) is 0 Å². The molecule has 0 fully saturated rings. The first-order valence-corrected chi connectivity index (χ1v) is 35.0. The molecule has 2 atom stereocenters. The van der Waals surface area contributed by atoms with E-state index in [1.807, 2.05) is 6.08 Å². The second-order valence-electron chi connectivity index (χ2n) is 24.2. The summed E-state index contributed by atoms with van der Waals surface area (Å²) in [5.74, 6) is -0.0520. The maximum absolute atomic E-state index is 12.5. The number of carbonyl (C=O) groups is 2. The van der Waals surface area contributed by atoms with Crippen LogP contribution in [0.2, 0.25) is 0 Å². The van der Waals surface area contributed by atoms with Gasteiger partial charge in [0.2, 0.25) is 5.91 Å². The molecule has 0 aromatic rings. The Morgan fingerprint density at radius 1 is 0.355 bits per heavy atom. The average Bonchev–Trinajstić information content (AvgIpc) is 3.42. The summed E-state index contributed by atoms with van der Waals surface area (Å²) in [6, 6.07) is -0.630. The van der Waals surface area contributed by atoms with Gasteiger partial charge in [-0.1, -0.05) is 366 Å². The van der Waals surface area contributed by atoms with Crippen molar-refractivity contribution < 1.29 is 24.5 Å². The van der Waals surface area contributed by atoms with Gasteiger partial charge in [0.1, 0.15) is 0 Å². The number of nitrogens with one attached hydrogen (secondary N) is 1. The highest BCUT2D eigenvalue weighted by molar-refractivity contribution is 5.76. The number of aliphatic hydroxyl groups excluding tert-OH is 2. The second-order valence-corrected chi connectivity index (χ2v) is 24.2. The molecule has 0 radical (unpaired) electrons. The molecule has 1 amide bonds. The molecule has 0 saturated carbocycles. The number of carbonyl (C=O) groups excluding carboxylic acids is 2. The number of hydrogen-bond acceptors (Lipinski definition) is 5. The van der Waals surface area contributed by atoms with Crippen molar-refractivity contribution in [1.82, 2.24) is 5.32 Å². The lowest BCUT2D eigenvalue weighted by Gasteiger charge is -2.20. The molecule has 0 saturated heterocycles. The Morgan fingerprint density at radius 3 is 0.895 bits per heavy atom. The molecule has 0 spiro atoms. The molecule has 0 aromatic carbocycles. The molecule has 0 aliphatic carbocycles. The van der Waals surface area contributed by atoms with Gasteiger partial charge in [0, 0.05) is 12.8 Å². The first-order chi connectivity index (χ1) is 37.5. The molecule has 2 unspecified atom stereocenters. The van der Waals surface area contributed by atoms with Crippen LogP contribution in [0, 0.1) is 0 Å². The molecule has 0 aliphatic rings. The summed E-state index contributed by atoms with van der Waals surface area (Å²) in [7, 11) is 0. The van der Waals surface area contributed by atoms with Crippen LogP contribution >= 0.6 is 0 Å². The van der Waals surface area contributed by atoms with Crippen LogP contribution in [-0.2, 0) is 14.3 Å². The third kappa shape index (κ3) is 61.8. The van der Waals surface area contributed by atoms with Gasteiger partial charge in [0.25, 0.3) is 0 Å². The summed E-state index contributed by atoms with van der Waals surface area (Å²) in [4.78, 5) is 24.6. The highest BCUT2D eigenvalue weighted by Gasteiger charge is 2.18. The summed E-state index contributed by atoms with van der Waals surface area (Å²) in [5, 5.41) is 23.3. The van der Waals surface area contributed by atoms with Crippen molar-refractivity contribution in [1.29, 1.82) is 0 Å². The number of hydrogen-bond donors (Lipinski definition) is 3. The number of amides is 1. The summed E-state index contributed by atoms with van der Waals surface area (Å²) >= 11 is 0. The van der Waals surface area contributed by atoms with E-state index in [0.717, 1.165) is 38.5 Å². The number of allylic oxidation sites excluding steroid dienone is 1. The number of aliphatic hydroxyl groups is 2. The third-order valence-electron chi connectivity index (χ3n) is 16.6. The van der Waals surface area contributed by atoms with Crippen molar-refractivity contribution in [2.75, 3.05) is 13.2 Å². The predicted molar refractivity (Wildman–Crippen MR) is 333 cm³/mol. The van der Waals surface area contributed by atoms with E-state index in [-0.39, 0.29) is 18.5 Å². The summed E-state index contributed by atoms with van der Waals surface area (Å²) in [6.07, 6.45) is 81.3. The van der Waals surface area contributed by atoms with E-state index in [4.69, 9.17) is 4.74 Å². The summed E-state index contributed by atoms with van der Waals surface area (Å²) < 4.78 is 5.51.